The van der Waals surface area contributed by atoms with Crippen molar-refractivity contribution in [1.29, 1.82) is 0 Å². The van der Waals surface area contributed by atoms with Gasteiger partial charge in [0.1, 0.15) is 0 Å². The molecule has 156 valence electrons. The molecule has 0 unspecified atom stereocenters. The zero-order chi connectivity index (χ0) is 19.5. The van der Waals surface area contributed by atoms with Crippen molar-refractivity contribution in [1.82, 2.24) is 10.2 Å². The summed E-state index contributed by atoms with van der Waals surface area (Å²) in [7, 11) is 4.34. The van der Waals surface area contributed by atoms with E-state index in [4.69, 9.17) is 9.90 Å². The minimum absolute atomic E-state index is 0.785. The van der Waals surface area contributed by atoms with Gasteiger partial charge in [-0.1, -0.05) is 77.0 Å². The normalized spacial score (nSPS) is 19.1. The van der Waals surface area contributed by atoms with Crippen molar-refractivity contribution in [2.75, 3.05) is 27.2 Å². The first-order valence-corrected chi connectivity index (χ1v) is 11.1. The largest absolute Gasteiger partial charge is 0.481 e. The second-order valence-electron chi connectivity index (χ2n) is 8.15. The number of nitrogens with one attached hydrogen (secondary N) is 1. The van der Waals surface area contributed by atoms with Crippen molar-refractivity contribution in [3.63, 3.8) is 0 Å². The van der Waals surface area contributed by atoms with Crippen LogP contribution in [0.2, 0.25) is 0 Å². The Kier molecular flexibility index (Phi) is 18.7. The topological polar surface area (TPSA) is 52.6 Å². The van der Waals surface area contributed by atoms with Crippen LogP contribution in [0, 0.1) is 0 Å². The molecule has 2 N–H and O–H groups in total. The van der Waals surface area contributed by atoms with E-state index in [1.807, 2.05) is 0 Å². The van der Waals surface area contributed by atoms with Gasteiger partial charge in [0, 0.05) is 13.0 Å². The molecule has 1 aliphatic rings. The summed E-state index contributed by atoms with van der Waals surface area (Å²) in [6.07, 6.45) is 21.7. The first kappa shape index (κ1) is 25.4. The molecule has 0 aliphatic heterocycles. The fourth-order valence-electron chi connectivity index (χ4n) is 3.60. The van der Waals surface area contributed by atoms with Crippen LogP contribution in [0.1, 0.15) is 103 Å². The fraction of sp³-hybridized carbons (Fsp3) is 0.955. The van der Waals surface area contributed by atoms with E-state index in [9.17, 15) is 0 Å². The van der Waals surface area contributed by atoms with Gasteiger partial charge in [0.2, 0.25) is 0 Å². The predicted molar refractivity (Wildman–Crippen MR) is 113 cm³/mol. The van der Waals surface area contributed by atoms with Crippen molar-refractivity contribution in [3.05, 3.63) is 0 Å². The van der Waals surface area contributed by atoms with Gasteiger partial charge in [0.05, 0.1) is 0 Å². The summed E-state index contributed by atoms with van der Waals surface area (Å²) in [6.45, 7) is 3.49. The van der Waals surface area contributed by atoms with Crippen molar-refractivity contribution < 1.29 is 9.90 Å². The van der Waals surface area contributed by atoms with Crippen molar-refractivity contribution in [2.45, 2.75) is 109 Å². The lowest BCUT2D eigenvalue weighted by Gasteiger charge is -2.19. The van der Waals surface area contributed by atoms with Crippen LogP contribution in [-0.4, -0.2) is 49.2 Å². The maximum atomic E-state index is 9.00. The van der Waals surface area contributed by atoms with E-state index in [0.717, 1.165) is 13.0 Å². The highest BCUT2D eigenvalue weighted by molar-refractivity contribution is 5.62. The average Bonchev–Trinajstić information content (AvgIpc) is 2.57. The van der Waals surface area contributed by atoms with Gasteiger partial charge in [0.25, 0.3) is 5.97 Å². The van der Waals surface area contributed by atoms with Gasteiger partial charge in [-0.2, -0.15) is 0 Å². The summed E-state index contributed by atoms with van der Waals surface area (Å²) in [5, 5.41) is 11.3. The molecule has 1 rings (SSSR count). The number of carbonyl (C=O) groups is 1. The molecule has 4 heteroatoms. The molecule has 0 aromatic heterocycles. The quantitative estimate of drug-likeness (QED) is 0.631. The Bertz CT molecular complexity index is 289. The molecule has 0 atom stereocenters. The van der Waals surface area contributed by atoms with Crippen LogP contribution in [0.3, 0.4) is 0 Å². The number of carboxylic acids is 1. The molecule has 4 nitrogen and oxygen atoms in total. The molecular formula is C22H46N2O2. The van der Waals surface area contributed by atoms with Crippen LogP contribution in [0.25, 0.3) is 0 Å². The predicted octanol–water partition coefficient (Wildman–Crippen LogP) is 5.46. The van der Waals surface area contributed by atoms with E-state index >= 15 is 0 Å². The number of aliphatic carboxylic acids is 1. The van der Waals surface area contributed by atoms with E-state index in [0.29, 0.717) is 0 Å². The number of hydrogen-bond donors (Lipinski definition) is 2. The summed E-state index contributed by atoms with van der Waals surface area (Å²) < 4.78 is 0. The highest BCUT2D eigenvalue weighted by atomic mass is 16.4. The Labute approximate surface area is 163 Å². The van der Waals surface area contributed by atoms with E-state index in [1.165, 1.54) is 109 Å². The molecule has 0 saturated heterocycles. The van der Waals surface area contributed by atoms with Crippen molar-refractivity contribution >= 4 is 5.97 Å². The molecule has 0 bridgehead atoms. The van der Waals surface area contributed by atoms with Gasteiger partial charge in [-0.25, -0.2) is 0 Å². The molecule has 0 aromatic rings. The molecule has 26 heavy (non-hydrogen) atoms. The molecule has 1 saturated carbocycles. The zero-order valence-corrected chi connectivity index (χ0v) is 17.9. The molecule has 0 spiro atoms. The van der Waals surface area contributed by atoms with E-state index in [2.05, 4.69) is 24.3 Å². The summed E-state index contributed by atoms with van der Waals surface area (Å²) in [5.74, 6) is -0.833. The lowest BCUT2D eigenvalue weighted by atomic mass is 10.0. The summed E-state index contributed by atoms with van der Waals surface area (Å²) >= 11 is 0. The number of carboxylic acid groups (broad SMARTS) is 1. The molecule has 1 fully saturated rings. The lowest BCUT2D eigenvalue weighted by Crippen LogP contribution is -2.31. The zero-order valence-electron chi connectivity index (χ0n) is 17.9. The maximum absolute atomic E-state index is 9.00. The lowest BCUT2D eigenvalue weighted by molar-refractivity contribution is -0.134. The molecule has 0 radical (unpaired) electrons. The summed E-state index contributed by atoms with van der Waals surface area (Å²) in [5.41, 5.74) is 0. The van der Waals surface area contributed by atoms with Crippen LogP contribution in [-0.2, 0) is 4.79 Å². The molecular weight excluding hydrogens is 324 g/mol. The van der Waals surface area contributed by atoms with Crippen LogP contribution < -0.4 is 5.32 Å². The first-order chi connectivity index (χ1) is 12.5. The Balaban J connectivity index is 0.00000141. The maximum Gasteiger partial charge on any atom is 0.300 e. The molecule has 0 aromatic carbocycles. The Morgan fingerprint density at radius 2 is 1.19 bits per heavy atom. The smallest absolute Gasteiger partial charge is 0.300 e. The van der Waals surface area contributed by atoms with Crippen LogP contribution >= 0.6 is 0 Å². The standard InChI is InChI=1S/C20H42N2.C2H4O2/c1-22(2)19-15-18-21-20-16-13-11-9-7-5-3-4-6-8-10-12-14-17-20;1-2(3)4/h20-21H,3-19H2,1-2H3;1H3,(H,3,4). The molecule has 1 aliphatic carbocycles. The third-order valence-electron chi connectivity index (χ3n) is 5.07. The van der Waals surface area contributed by atoms with Gasteiger partial charge in [0.15, 0.2) is 0 Å². The Morgan fingerprint density at radius 3 is 1.54 bits per heavy atom. The second-order valence-corrected chi connectivity index (χ2v) is 8.15. The minimum Gasteiger partial charge on any atom is -0.481 e. The van der Waals surface area contributed by atoms with Crippen LogP contribution in [0.5, 0.6) is 0 Å². The third kappa shape index (κ3) is 21.4. The van der Waals surface area contributed by atoms with E-state index in [-0.39, 0.29) is 0 Å². The minimum atomic E-state index is -0.833. The summed E-state index contributed by atoms with van der Waals surface area (Å²) in [4.78, 5) is 11.3. The summed E-state index contributed by atoms with van der Waals surface area (Å²) in [6, 6.07) is 0.785. The van der Waals surface area contributed by atoms with Crippen molar-refractivity contribution in [2.24, 2.45) is 0 Å². The molecule has 0 amide bonds. The van der Waals surface area contributed by atoms with Gasteiger partial charge in [-0.15, -0.1) is 0 Å². The van der Waals surface area contributed by atoms with E-state index < -0.39 is 5.97 Å². The second kappa shape index (κ2) is 19.2. The fourth-order valence-corrected chi connectivity index (χ4v) is 3.60. The van der Waals surface area contributed by atoms with Crippen LogP contribution in [0.15, 0.2) is 0 Å². The van der Waals surface area contributed by atoms with Crippen molar-refractivity contribution in [3.8, 4) is 0 Å². The van der Waals surface area contributed by atoms with E-state index in [1.54, 1.807) is 0 Å². The number of nitrogens with zero attached hydrogens (tertiary/aromatic N) is 1. The SMILES string of the molecule is CC(=O)O.CN(C)CCCNC1CCCCCCCCCCCCCC1. The van der Waals surface area contributed by atoms with Gasteiger partial charge in [-0.3, -0.25) is 4.79 Å². The van der Waals surface area contributed by atoms with Gasteiger partial charge in [-0.05, 0) is 46.4 Å². The number of rotatable bonds is 5. The monoisotopic (exact) mass is 370 g/mol. The highest BCUT2D eigenvalue weighted by Gasteiger charge is 2.08. The Morgan fingerprint density at radius 1 is 0.846 bits per heavy atom. The number of hydrogen-bond acceptors (Lipinski definition) is 3. The Hall–Kier alpha value is -0.610. The van der Waals surface area contributed by atoms with Crippen LogP contribution in [0.4, 0.5) is 0 Å². The first-order valence-electron chi connectivity index (χ1n) is 11.1. The molecule has 0 heterocycles. The van der Waals surface area contributed by atoms with Gasteiger partial charge >= 0.3 is 0 Å². The third-order valence-corrected chi connectivity index (χ3v) is 5.07. The highest BCUT2D eigenvalue weighted by Crippen LogP contribution is 2.17. The van der Waals surface area contributed by atoms with Gasteiger partial charge < -0.3 is 15.3 Å². The average molecular weight is 371 g/mol.